The van der Waals surface area contributed by atoms with Crippen LogP contribution in [0.15, 0.2) is 46.9 Å². The first-order valence-corrected chi connectivity index (χ1v) is 8.31. The molecule has 23 heavy (non-hydrogen) atoms. The monoisotopic (exact) mass is 327 g/mol. The third-order valence-corrected chi connectivity index (χ3v) is 4.46. The molecule has 118 valence electrons. The van der Waals surface area contributed by atoms with Crippen LogP contribution in [0.3, 0.4) is 0 Å². The molecule has 3 rings (SSSR count). The molecule has 1 aromatic heterocycles. The van der Waals surface area contributed by atoms with Crippen LogP contribution in [-0.2, 0) is 4.79 Å². The van der Waals surface area contributed by atoms with Crippen LogP contribution < -0.4 is 10.7 Å². The van der Waals surface area contributed by atoms with Gasteiger partial charge < -0.3 is 5.32 Å². The molecular weight excluding hydrogens is 310 g/mol. The lowest BCUT2D eigenvalue weighted by atomic mass is 10.1. The van der Waals surface area contributed by atoms with Crippen LogP contribution >= 0.6 is 11.3 Å². The summed E-state index contributed by atoms with van der Waals surface area (Å²) in [7, 11) is 0. The fraction of sp³-hybridized carbons (Fsp3) is 0.235. The standard InChI is InChI=1S/C17H17N3O2S/c1-11(19-20-16(21)13-4-5-13)12-6-8-14(9-7-12)18-17(22)15-3-2-10-23-15/h2-3,6-10,13H,4-5H2,1H3,(H,18,22)(H,20,21)/b19-11+. The second-order valence-corrected chi connectivity index (χ2v) is 6.40. The summed E-state index contributed by atoms with van der Waals surface area (Å²) in [5.74, 6) is 0.0143. The molecule has 2 amide bonds. The van der Waals surface area contributed by atoms with Gasteiger partial charge in [0, 0.05) is 11.6 Å². The molecule has 0 saturated heterocycles. The molecular formula is C17H17N3O2S. The fourth-order valence-corrected chi connectivity index (χ4v) is 2.65. The Morgan fingerprint density at radius 1 is 1.17 bits per heavy atom. The number of carbonyl (C=O) groups is 2. The number of hydrogen-bond acceptors (Lipinski definition) is 4. The van der Waals surface area contributed by atoms with Crippen molar-refractivity contribution < 1.29 is 9.59 Å². The van der Waals surface area contributed by atoms with Crippen molar-refractivity contribution in [3.05, 3.63) is 52.2 Å². The zero-order chi connectivity index (χ0) is 16.2. The van der Waals surface area contributed by atoms with Gasteiger partial charge in [0.05, 0.1) is 10.6 Å². The molecule has 2 aromatic rings. The van der Waals surface area contributed by atoms with Gasteiger partial charge in [-0.2, -0.15) is 5.10 Å². The van der Waals surface area contributed by atoms with Crippen molar-refractivity contribution in [3.8, 4) is 0 Å². The highest BCUT2D eigenvalue weighted by molar-refractivity contribution is 7.12. The van der Waals surface area contributed by atoms with Gasteiger partial charge in [-0.15, -0.1) is 11.3 Å². The molecule has 5 nitrogen and oxygen atoms in total. The molecule has 6 heteroatoms. The van der Waals surface area contributed by atoms with Crippen LogP contribution in [0.2, 0.25) is 0 Å². The third-order valence-electron chi connectivity index (χ3n) is 3.59. The van der Waals surface area contributed by atoms with Gasteiger partial charge in [0.25, 0.3) is 5.91 Å². The Balaban J connectivity index is 1.60. The van der Waals surface area contributed by atoms with Gasteiger partial charge in [-0.05, 0) is 48.9 Å². The van der Waals surface area contributed by atoms with Crippen molar-refractivity contribution >= 4 is 34.6 Å². The number of nitrogens with one attached hydrogen (secondary N) is 2. The summed E-state index contributed by atoms with van der Waals surface area (Å²) in [5.41, 5.74) is 4.94. The lowest BCUT2D eigenvalue weighted by molar-refractivity contribution is -0.122. The molecule has 1 aliphatic rings. The average Bonchev–Trinajstić information content (AvgIpc) is 3.27. The van der Waals surface area contributed by atoms with Crippen LogP contribution in [0, 0.1) is 5.92 Å². The van der Waals surface area contributed by atoms with E-state index in [1.54, 1.807) is 6.07 Å². The van der Waals surface area contributed by atoms with Crippen molar-refractivity contribution in [1.29, 1.82) is 0 Å². The first-order chi connectivity index (χ1) is 11.1. The molecule has 0 unspecified atom stereocenters. The maximum Gasteiger partial charge on any atom is 0.265 e. The Bertz CT molecular complexity index is 732. The average molecular weight is 327 g/mol. The van der Waals surface area contributed by atoms with Gasteiger partial charge in [0.1, 0.15) is 0 Å². The Morgan fingerprint density at radius 3 is 2.52 bits per heavy atom. The summed E-state index contributed by atoms with van der Waals surface area (Å²) in [6.07, 6.45) is 1.91. The molecule has 0 atom stereocenters. The summed E-state index contributed by atoms with van der Waals surface area (Å²) in [6.45, 7) is 1.84. The molecule has 0 bridgehead atoms. The van der Waals surface area contributed by atoms with E-state index in [-0.39, 0.29) is 17.7 Å². The molecule has 1 heterocycles. The molecule has 1 fully saturated rings. The zero-order valence-corrected chi connectivity index (χ0v) is 13.5. The predicted octanol–water partition coefficient (Wildman–Crippen LogP) is 3.25. The van der Waals surface area contributed by atoms with E-state index in [2.05, 4.69) is 15.8 Å². The van der Waals surface area contributed by atoms with E-state index >= 15 is 0 Å². The number of rotatable bonds is 5. The van der Waals surface area contributed by atoms with Gasteiger partial charge >= 0.3 is 0 Å². The summed E-state index contributed by atoms with van der Waals surface area (Å²) in [6, 6.07) is 11.0. The van der Waals surface area contributed by atoms with Crippen LogP contribution in [0.4, 0.5) is 5.69 Å². The lowest BCUT2D eigenvalue weighted by Gasteiger charge is -2.06. The van der Waals surface area contributed by atoms with Gasteiger partial charge in [-0.3, -0.25) is 9.59 Å². The van der Waals surface area contributed by atoms with Crippen LogP contribution in [0.25, 0.3) is 0 Å². The van der Waals surface area contributed by atoms with Crippen LogP contribution in [-0.4, -0.2) is 17.5 Å². The van der Waals surface area contributed by atoms with Crippen LogP contribution in [0.1, 0.15) is 35.0 Å². The van der Waals surface area contributed by atoms with E-state index < -0.39 is 0 Å². The van der Waals surface area contributed by atoms with Crippen molar-refractivity contribution in [3.63, 3.8) is 0 Å². The highest BCUT2D eigenvalue weighted by Gasteiger charge is 2.29. The van der Waals surface area contributed by atoms with E-state index in [0.717, 1.165) is 29.8 Å². The molecule has 1 aromatic carbocycles. The summed E-state index contributed by atoms with van der Waals surface area (Å²) in [5, 5.41) is 8.83. The third kappa shape index (κ3) is 4.04. The second kappa shape index (κ2) is 6.75. The summed E-state index contributed by atoms with van der Waals surface area (Å²) < 4.78 is 0. The number of benzene rings is 1. The Kier molecular flexibility index (Phi) is 4.52. The van der Waals surface area contributed by atoms with Gasteiger partial charge in [-0.25, -0.2) is 5.43 Å². The van der Waals surface area contributed by atoms with E-state index in [9.17, 15) is 9.59 Å². The van der Waals surface area contributed by atoms with Crippen molar-refractivity contribution in [2.24, 2.45) is 11.0 Å². The lowest BCUT2D eigenvalue weighted by Crippen LogP contribution is -2.20. The van der Waals surface area contributed by atoms with Gasteiger partial charge in [0.15, 0.2) is 0 Å². The fourth-order valence-electron chi connectivity index (χ4n) is 2.04. The van der Waals surface area contributed by atoms with E-state index in [1.807, 2.05) is 42.6 Å². The first-order valence-electron chi connectivity index (χ1n) is 7.43. The van der Waals surface area contributed by atoms with Gasteiger partial charge in [0.2, 0.25) is 5.91 Å². The molecule has 0 radical (unpaired) electrons. The minimum atomic E-state index is -0.116. The zero-order valence-electron chi connectivity index (χ0n) is 12.7. The summed E-state index contributed by atoms with van der Waals surface area (Å²) >= 11 is 1.40. The van der Waals surface area contributed by atoms with Crippen molar-refractivity contribution in [1.82, 2.24) is 5.43 Å². The molecule has 2 N–H and O–H groups in total. The highest BCUT2D eigenvalue weighted by Crippen LogP contribution is 2.28. The van der Waals surface area contributed by atoms with Crippen molar-refractivity contribution in [2.75, 3.05) is 5.32 Å². The van der Waals surface area contributed by atoms with Gasteiger partial charge in [-0.1, -0.05) is 18.2 Å². The number of anilines is 1. The number of amides is 2. The maximum absolute atomic E-state index is 12.0. The molecule has 0 aliphatic heterocycles. The maximum atomic E-state index is 12.0. The number of hydrogen-bond donors (Lipinski definition) is 2. The Labute approximate surface area is 138 Å². The predicted molar refractivity (Wildman–Crippen MR) is 91.8 cm³/mol. The molecule has 0 spiro atoms. The second-order valence-electron chi connectivity index (χ2n) is 5.46. The minimum Gasteiger partial charge on any atom is -0.321 e. The Hall–Kier alpha value is -2.47. The minimum absolute atomic E-state index is 0.0100. The number of hydrazone groups is 1. The van der Waals surface area contributed by atoms with E-state index in [4.69, 9.17) is 0 Å². The highest BCUT2D eigenvalue weighted by atomic mass is 32.1. The normalized spacial score (nSPS) is 14.4. The quantitative estimate of drug-likeness (QED) is 0.654. The smallest absolute Gasteiger partial charge is 0.265 e. The first kappa shape index (κ1) is 15.4. The number of nitrogens with zero attached hydrogens (tertiary/aromatic N) is 1. The van der Waals surface area contributed by atoms with E-state index in [0.29, 0.717) is 4.88 Å². The molecule has 1 saturated carbocycles. The number of carbonyl (C=O) groups excluding carboxylic acids is 2. The number of thiophene rings is 1. The van der Waals surface area contributed by atoms with Crippen molar-refractivity contribution in [2.45, 2.75) is 19.8 Å². The Morgan fingerprint density at radius 2 is 1.91 bits per heavy atom. The SMILES string of the molecule is C/C(=N\NC(=O)C1CC1)c1ccc(NC(=O)c2cccs2)cc1. The molecule has 1 aliphatic carbocycles. The van der Waals surface area contributed by atoms with Crippen LogP contribution in [0.5, 0.6) is 0 Å². The largest absolute Gasteiger partial charge is 0.321 e. The van der Waals surface area contributed by atoms with E-state index in [1.165, 1.54) is 11.3 Å². The topological polar surface area (TPSA) is 70.6 Å². The summed E-state index contributed by atoms with van der Waals surface area (Å²) in [4.78, 5) is 24.2.